The van der Waals surface area contributed by atoms with Gasteiger partial charge in [-0.1, -0.05) is 0 Å². The van der Waals surface area contributed by atoms with Crippen LogP contribution >= 0.6 is 0 Å². The zero-order valence-electron chi connectivity index (χ0n) is 9.20. The number of carbonyl (C=O) groups excluding carboxylic acids is 1. The van der Waals surface area contributed by atoms with Crippen LogP contribution in [0.1, 0.15) is 12.8 Å². The minimum absolute atomic E-state index is 0.136. The summed E-state index contributed by atoms with van der Waals surface area (Å²) >= 11 is 0. The Morgan fingerprint density at radius 3 is 2.87 bits per heavy atom. The van der Waals surface area contributed by atoms with Crippen LogP contribution < -0.4 is 11.1 Å². The van der Waals surface area contributed by atoms with Crippen molar-refractivity contribution >= 4 is 5.91 Å². The zero-order valence-corrected chi connectivity index (χ0v) is 9.20. The molecule has 0 saturated carbocycles. The van der Waals surface area contributed by atoms with Gasteiger partial charge in [0.1, 0.15) is 6.04 Å². The molecule has 1 unspecified atom stereocenters. The average Bonchev–Trinajstić information content (AvgIpc) is 2.27. The summed E-state index contributed by atoms with van der Waals surface area (Å²) in [7, 11) is 1.53. The molecular formula is C10H20N2O3. The van der Waals surface area contributed by atoms with Gasteiger partial charge in [-0.3, -0.25) is 4.79 Å². The Morgan fingerprint density at radius 1 is 1.60 bits per heavy atom. The van der Waals surface area contributed by atoms with Gasteiger partial charge in [-0.15, -0.1) is 0 Å². The maximum absolute atomic E-state index is 11.4. The van der Waals surface area contributed by atoms with E-state index < -0.39 is 6.04 Å². The highest BCUT2D eigenvalue weighted by Crippen LogP contribution is 2.12. The van der Waals surface area contributed by atoms with E-state index in [2.05, 4.69) is 5.32 Å². The maximum atomic E-state index is 11.4. The summed E-state index contributed by atoms with van der Waals surface area (Å²) < 4.78 is 10.0. The van der Waals surface area contributed by atoms with Gasteiger partial charge in [0, 0.05) is 26.9 Å². The average molecular weight is 216 g/mol. The SMILES string of the molecule is COCC(N)C(=O)NCC1CCOCC1. The summed E-state index contributed by atoms with van der Waals surface area (Å²) in [5.41, 5.74) is 5.58. The van der Waals surface area contributed by atoms with Crippen LogP contribution in [0.4, 0.5) is 0 Å². The van der Waals surface area contributed by atoms with Crippen molar-refractivity contribution in [1.29, 1.82) is 0 Å². The summed E-state index contributed by atoms with van der Waals surface area (Å²) in [6, 6.07) is -0.560. The van der Waals surface area contributed by atoms with Gasteiger partial charge in [-0.05, 0) is 18.8 Å². The van der Waals surface area contributed by atoms with Gasteiger partial charge in [0.2, 0.25) is 5.91 Å². The number of hydrogen-bond acceptors (Lipinski definition) is 4. The molecule has 0 aromatic rings. The van der Waals surface area contributed by atoms with Crippen LogP contribution in [0.2, 0.25) is 0 Å². The van der Waals surface area contributed by atoms with Crippen molar-refractivity contribution in [2.45, 2.75) is 18.9 Å². The van der Waals surface area contributed by atoms with E-state index in [1.807, 2.05) is 0 Å². The Hall–Kier alpha value is -0.650. The molecule has 1 aliphatic rings. The molecule has 15 heavy (non-hydrogen) atoms. The third-order valence-electron chi connectivity index (χ3n) is 2.59. The first-order valence-corrected chi connectivity index (χ1v) is 5.34. The highest BCUT2D eigenvalue weighted by atomic mass is 16.5. The molecule has 88 valence electrons. The van der Waals surface area contributed by atoms with Crippen molar-refractivity contribution in [3.63, 3.8) is 0 Å². The van der Waals surface area contributed by atoms with Gasteiger partial charge in [0.15, 0.2) is 0 Å². The molecule has 1 saturated heterocycles. The number of nitrogens with two attached hydrogens (primary N) is 1. The van der Waals surface area contributed by atoms with Crippen molar-refractivity contribution < 1.29 is 14.3 Å². The molecule has 1 amide bonds. The van der Waals surface area contributed by atoms with Gasteiger partial charge in [0.25, 0.3) is 0 Å². The maximum Gasteiger partial charge on any atom is 0.239 e. The summed E-state index contributed by atoms with van der Waals surface area (Å²) in [6.07, 6.45) is 2.03. The summed E-state index contributed by atoms with van der Waals surface area (Å²) in [4.78, 5) is 11.4. The minimum atomic E-state index is -0.560. The summed E-state index contributed by atoms with van der Waals surface area (Å²) in [5, 5.41) is 2.84. The lowest BCUT2D eigenvalue weighted by Crippen LogP contribution is -2.45. The molecular weight excluding hydrogens is 196 g/mol. The molecule has 0 spiro atoms. The molecule has 1 rings (SSSR count). The molecule has 1 aliphatic heterocycles. The van der Waals surface area contributed by atoms with E-state index in [1.54, 1.807) is 0 Å². The largest absolute Gasteiger partial charge is 0.383 e. The first-order chi connectivity index (χ1) is 7.24. The number of methoxy groups -OCH3 is 1. The fourth-order valence-electron chi connectivity index (χ4n) is 1.58. The standard InChI is InChI=1S/C10H20N2O3/c1-14-7-9(11)10(13)12-6-8-2-4-15-5-3-8/h8-9H,2-7,11H2,1H3,(H,12,13). The highest BCUT2D eigenvalue weighted by Gasteiger charge is 2.17. The Bertz CT molecular complexity index is 193. The minimum Gasteiger partial charge on any atom is -0.383 e. The lowest BCUT2D eigenvalue weighted by atomic mass is 10.0. The van der Waals surface area contributed by atoms with Crippen LogP contribution in [0.5, 0.6) is 0 Å². The van der Waals surface area contributed by atoms with Crippen LogP contribution in [-0.2, 0) is 14.3 Å². The number of carbonyl (C=O) groups is 1. The third kappa shape index (κ3) is 4.59. The number of nitrogens with one attached hydrogen (secondary N) is 1. The molecule has 0 aliphatic carbocycles. The molecule has 1 heterocycles. The molecule has 3 N–H and O–H groups in total. The second-order valence-electron chi connectivity index (χ2n) is 3.86. The predicted molar refractivity (Wildman–Crippen MR) is 56.4 cm³/mol. The van der Waals surface area contributed by atoms with Crippen molar-refractivity contribution in [2.75, 3.05) is 33.5 Å². The molecule has 1 fully saturated rings. The topological polar surface area (TPSA) is 73.6 Å². The van der Waals surface area contributed by atoms with Gasteiger partial charge in [0.05, 0.1) is 6.61 Å². The normalized spacial score (nSPS) is 19.9. The number of rotatable bonds is 5. The van der Waals surface area contributed by atoms with E-state index in [9.17, 15) is 4.79 Å². The highest BCUT2D eigenvalue weighted by molar-refractivity contribution is 5.81. The van der Waals surface area contributed by atoms with E-state index in [1.165, 1.54) is 7.11 Å². The number of ether oxygens (including phenoxy) is 2. The number of hydrogen-bond donors (Lipinski definition) is 2. The molecule has 5 nitrogen and oxygen atoms in total. The van der Waals surface area contributed by atoms with E-state index in [4.69, 9.17) is 15.2 Å². The first-order valence-electron chi connectivity index (χ1n) is 5.34. The monoisotopic (exact) mass is 216 g/mol. The smallest absolute Gasteiger partial charge is 0.239 e. The molecule has 5 heteroatoms. The van der Waals surface area contributed by atoms with Gasteiger partial charge >= 0.3 is 0 Å². The second-order valence-corrected chi connectivity index (χ2v) is 3.86. The zero-order chi connectivity index (χ0) is 11.1. The quantitative estimate of drug-likeness (QED) is 0.650. The molecule has 0 radical (unpaired) electrons. The van der Waals surface area contributed by atoms with Gasteiger partial charge < -0.3 is 20.5 Å². The summed E-state index contributed by atoms with van der Waals surface area (Å²) in [5.74, 6) is 0.390. The van der Waals surface area contributed by atoms with E-state index in [0.717, 1.165) is 26.1 Å². The second kappa shape index (κ2) is 6.76. The molecule has 0 aromatic heterocycles. The van der Waals surface area contributed by atoms with E-state index >= 15 is 0 Å². The lowest BCUT2D eigenvalue weighted by molar-refractivity contribution is -0.123. The fraction of sp³-hybridized carbons (Fsp3) is 0.900. The lowest BCUT2D eigenvalue weighted by Gasteiger charge is -2.22. The first kappa shape index (κ1) is 12.4. The Kier molecular flexibility index (Phi) is 5.60. The summed E-state index contributed by atoms with van der Waals surface area (Å²) in [6.45, 7) is 2.55. The Morgan fingerprint density at radius 2 is 2.27 bits per heavy atom. The van der Waals surface area contributed by atoms with Gasteiger partial charge in [-0.25, -0.2) is 0 Å². The molecule has 1 atom stereocenters. The predicted octanol–water partition coefficient (Wildman–Crippen LogP) is -0.497. The van der Waals surface area contributed by atoms with Crippen LogP contribution in [0.3, 0.4) is 0 Å². The van der Waals surface area contributed by atoms with Crippen LogP contribution in [-0.4, -0.2) is 45.4 Å². The van der Waals surface area contributed by atoms with Crippen molar-refractivity contribution in [1.82, 2.24) is 5.32 Å². The van der Waals surface area contributed by atoms with Gasteiger partial charge in [-0.2, -0.15) is 0 Å². The van der Waals surface area contributed by atoms with Crippen molar-refractivity contribution in [3.05, 3.63) is 0 Å². The van der Waals surface area contributed by atoms with Crippen molar-refractivity contribution in [2.24, 2.45) is 11.7 Å². The Labute approximate surface area is 90.3 Å². The third-order valence-corrected chi connectivity index (χ3v) is 2.59. The Balaban J connectivity index is 2.14. The van der Waals surface area contributed by atoms with Crippen LogP contribution in [0.15, 0.2) is 0 Å². The molecule has 0 bridgehead atoms. The number of amides is 1. The van der Waals surface area contributed by atoms with E-state index in [-0.39, 0.29) is 12.5 Å². The fourth-order valence-corrected chi connectivity index (χ4v) is 1.58. The van der Waals surface area contributed by atoms with Crippen LogP contribution in [0.25, 0.3) is 0 Å². The van der Waals surface area contributed by atoms with Crippen LogP contribution in [0, 0.1) is 5.92 Å². The molecule has 0 aromatic carbocycles. The van der Waals surface area contributed by atoms with Crippen molar-refractivity contribution in [3.8, 4) is 0 Å². The van der Waals surface area contributed by atoms with E-state index in [0.29, 0.717) is 12.5 Å².